The van der Waals surface area contributed by atoms with Gasteiger partial charge in [-0.2, -0.15) is 0 Å². The Morgan fingerprint density at radius 1 is 1.44 bits per heavy atom. The summed E-state index contributed by atoms with van der Waals surface area (Å²) in [4.78, 5) is 11.1. The van der Waals surface area contributed by atoms with Gasteiger partial charge < -0.3 is 14.9 Å². The lowest BCUT2D eigenvalue weighted by Gasteiger charge is -2.06. The van der Waals surface area contributed by atoms with Crippen molar-refractivity contribution in [3.05, 3.63) is 35.9 Å². The summed E-state index contributed by atoms with van der Waals surface area (Å²) < 4.78 is 4.63. The number of ether oxygens (including phenoxy) is 1. The van der Waals surface area contributed by atoms with Crippen LogP contribution in [-0.4, -0.2) is 22.5 Å². The zero-order chi connectivity index (χ0) is 12.0. The molecule has 0 saturated heterocycles. The van der Waals surface area contributed by atoms with E-state index in [0.717, 1.165) is 5.56 Å². The topological polar surface area (TPSA) is 66.8 Å². The van der Waals surface area contributed by atoms with Gasteiger partial charge in [0.05, 0.1) is 0 Å². The molecule has 0 aliphatic rings. The molecule has 86 valence electrons. The lowest BCUT2D eigenvalue weighted by atomic mass is 10.2. The Morgan fingerprint density at radius 3 is 2.62 bits per heavy atom. The van der Waals surface area contributed by atoms with Crippen molar-refractivity contribution in [3.63, 3.8) is 0 Å². The van der Waals surface area contributed by atoms with Gasteiger partial charge >= 0.3 is 5.97 Å². The highest BCUT2D eigenvalue weighted by molar-refractivity contribution is 5.87. The molecule has 2 N–H and O–H groups in total. The van der Waals surface area contributed by atoms with Crippen LogP contribution in [0.15, 0.2) is 30.3 Å². The van der Waals surface area contributed by atoms with Crippen molar-refractivity contribution >= 4 is 12.0 Å². The van der Waals surface area contributed by atoms with Gasteiger partial charge in [-0.05, 0) is 23.8 Å². The zero-order valence-electron chi connectivity index (χ0n) is 8.96. The summed E-state index contributed by atoms with van der Waals surface area (Å²) in [6, 6.07) is 6.36. The molecule has 0 heterocycles. The average molecular weight is 222 g/mol. The molecule has 16 heavy (non-hydrogen) atoms. The number of rotatable bonds is 4. The Bertz CT molecular complexity index is 367. The van der Waals surface area contributed by atoms with Crippen LogP contribution in [0.2, 0.25) is 0 Å². The molecule has 1 aromatic rings. The zero-order valence-corrected chi connectivity index (χ0v) is 8.96. The second-order valence-electron chi connectivity index (χ2n) is 3.22. The quantitative estimate of drug-likeness (QED) is 0.462. The van der Waals surface area contributed by atoms with Gasteiger partial charge in [-0.15, -0.1) is 0 Å². The summed E-state index contributed by atoms with van der Waals surface area (Å²) in [7, 11) is 0. The smallest absolute Gasteiger partial charge is 0.333 e. The molecule has 0 aromatic heterocycles. The number of aliphatic hydroxyl groups excluding tert-OH is 1. The molecule has 1 unspecified atom stereocenters. The van der Waals surface area contributed by atoms with E-state index in [2.05, 4.69) is 4.74 Å². The fraction of sp³-hybridized carbons (Fsp3) is 0.250. The molecular weight excluding hydrogens is 208 g/mol. The molecule has 0 aliphatic heterocycles. The molecule has 4 heteroatoms. The Morgan fingerprint density at radius 2 is 2.06 bits per heavy atom. The van der Waals surface area contributed by atoms with Gasteiger partial charge in [-0.25, -0.2) is 4.79 Å². The van der Waals surface area contributed by atoms with Crippen LogP contribution < -0.4 is 0 Å². The van der Waals surface area contributed by atoms with Crippen LogP contribution in [0.5, 0.6) is 5.75 Å². The van der Waals surface area contributed by atoms with E-state index in [1.54, 1.807) is 25.1 Å². The molecule has 1 aromatic carbocycles. The van der Waals surface area contributed by atoms with Crippen molar-refractivity contribution in [1.29, 1.82) is 0 Å². The third-order valence-electron chi connectivity index (χ3n) is 1.91. The van der Waals surface area contributed by atoms with E-state index < -0.39 is 12.3 Å². The number of phenolic OH excluding ortho intramolecular Hbond substituents is 1. The van der Waals surface area contributed by atoms with Gasteiger partial charge in [-0.3, -0.25) is 0 Å². The predicted octanol–water partition coefficient (Wildman–Crippen LogP) is 1.68. The summed E-state index contributed by atoms with van der Waals surface area (Å²) in [6.45, 7) is 1.71. The molecule has 0 spiro atoms. The first-order valence-corrected chi connectivity index (χ1v) is 4.97. The maximum Gasteiger partial charge on any atom is 0.333 e. The minimum absolute atomic E-state index is 0.168. The lowest BCUT2D eigenvalue weighted by molar-refractivity contribution is -0.161. The molecule has 0 fully saturated rings. The summed E-state index contributed by atoms with van der Waals surface area (Å²) >= 11 is 0. The maximum absolute atomic E-state index is 11.1. The van der Waals surface area contributed by atoms with Gasteiger partial charge in [0.2, 0.25) is 6.29 Å². The summed E-state index contributed by atoms with van der Waals surface area (Å²) in [5.74, 6) is -0.427. The SMILES string of the molecule is CCC(O)OC(=O)C=Cc1ccc(O)cc1. The number of carbonyl (C=O) groups is 1. The Kier molecular flexibility index (Phi) is 4.54. The number of aromatic hydroxyl groups is 1. The van der Waals surface area contributed by atoms with Gasteiger partial charge in [0, 0.05) is 12.5 Å². The van der Waals surface area contributed by atoms with E-state index in [-0.39, 0.29) is 5.75 Å². The van der Waals surface area contributed by atoms with E-state index in [9.17, 15) is 4.79 Å². The highest BCUT2D eigenvalue weighted by Gasteiger charge is 2.04. The second-order valence-corrected chi connectivity index (χ2v) is 3.22. The molecule has 4 nitrogen and oxygen atoms in total. The van der Waals surface area contributed by atoms with E-state index in [0.29, 0.717) is 6.42 Å². The van der Waals surface area contributed by atoms with Crippen LogP contribution in [0, 0.1) is 0 Å². The third kappa shape index (κ3) is 4.14. The minimum Gasteiger partial charge on any atom is -0.508 e. The van der Waals surface area contributed by atoms with Crippen molar-refractivity contribution in [1.82, 2.24) is 0 Å². The summed E-state index contributed by atoms with van der Waals surface area (Å²) in [5.41, 5.74) is 0.765. The van der Waals surface area contributed by atoms with E-state index in [4.69, 9.17) is 10.2 Å². The molecule has 1 atom stereocenters. The van der Waals surface area contributed by atoms with Crippen molar-refractivity contribution in [2.45, 2.75) is 19.6 Å². The van der Waals surface area contributed by atoms with E-state index >= 15 is 0 Å². The van der Waals surface area contributed by atoms with Crippen molar-refractivity contribution < 1.29 is 19.7 Å². The minimum atomic E-state index is -1.06. The van der Waals surface area contributed by atoms with Gasteiger partial charge in [0.15, 0.2) is 0 Å². The average Bonchev–Trinajstić information content (AvgIpc) is 2.28. The summed E-state index contributed by atoms with van der Waals surface area (Å²) in [5, 5.41) is 18.1. The Labute approximate surface area is 93.8 Å². The van der Waals surface area contributed by atoms with Crippen LogP contribution in [0.4, 0.5) is 0 Å². The lowest BCUT2D eigenvalue weighted by Crippen LogP contribution is -2.14. The molecule has 0 radical (unpaired) electrons. The van der Waals surface area contributed by atoms with Crippen LogP contribution in [0.25, 0.3) is 6.08 Å². The van der Waals surface area contributed by atoms with Crippen molar-refractivity contribution in [2.24, 2.45) is 0 Å². The number of carbonyl (C=O) groups excluding carboxylic acids is 1. The standard InChI is InChI=1S/C12H14O4/c1-2-11(14)16-12(15)8-5-9-3-6-10(13)7-4-9/h3-8,11,13-14H,2H2,1H3. The van der Waals surface area contributed by atoms with Crippen molar-refractivity contribution in [2.75, 3.05) is 0 Å². The second kappa shape index (κ2) is 5.92. The summed E-state index contributed by atoms with van der Waals surface area (Å²) in [6.07, 6.45) is 2.07. The highest BCUT2D eigenvalue weighted by atomic mass is 16.6. The van der Waals surface area contributed by atoms with Crippen LogP contribution in [0.3, 0.4) is 0 Å². The molecule has 1 rings (SSSR count). The molecule has 0 bridgehead atoms. The van der Waals surface area contributed by atoms with Gasteiger partial charge in [0.25, 0.3) is 0 Å². The maximum atomic E-state index is 11.1. The number of hydrogen-bond acceptors (Lipinski definition) is 4. The first-order valence-electron chi connectivity index (χ1n) is 4.97. The number of hydrogen-bond donors (Lipinski definition) is 2. The molecule has 0 saturated carbocycles. The third-order valence-corrected chi connectivity index (χ3v) is 1.91. The van der Waals surface area contributed by atoms with Crippen LogP contribution >= 0.6 is 0 Å². The highest BCUT2D eigenvalue weighted by Crippen LogP contribution is 2.10. The van der Waals surface area contributed by atoms with E-state index in [1.165, 1.54) is 18.2 Å². The monoisotopic (exact) mass is 222 g/mol. The normalized spacial score (nSPS) is 12.6. The number of phenols is 1. The van der Waals surface area contributed by atoms with E-state index in [1.807, 2.05) is 0 Å². The number of esters is 1. The fourth-order valence-electron chi connectivity index (χ4n) is 1.01. The number of aliphatic hydroxyl groups is 1. The van der Waals surface area contributed by atoms with Crippen molar-refractivity contribution in [3.8, 4) is 5.75 Å². The van der Waals surface area contributed by atoms with Gasteiger partial charge in [-0.1, -0.05) is 19.1 Å². The largest absolute Gasteiger partial charge is 0.508 e. The first-order chi connectivity index (χ1) is 7.61. The molecular formula is C12H14O4. The molecule has 0 aliphatic carbocycles. The van der Waals surface area contributed by atoms with Gasteiger partial charge in [0.1, 0.15) is 5.75 Å². The number of benzene rings is 1. The predicted molar refractivity (Wildman–Crippen MR) is 59.5 cm³/mol. The molecule has 0 amide bonds. The first kappa shape index (κ1) is 12.3. The fourth-order valence-corrected chi connectivity index (χ4v) is 1.01. The van der Waals surface area contributed by atoms with Crippen LogP contribution in [-0.2, 0) is 9.53 Å². The van der Waals surface area contributed by atoms with Crippen LogP contribution in [0.1, 0.15) is 18.9 Å². The Balaban J connectivity index is 2.53. The Hall–Kier alpha value is -1.81.